The Morgan fingerprint density at radius 2 is 2.00 bits per heavy atom. The van der Waals surface area contributed by atoms with Crippen LogP contribution in [0.5, 0.6) is 11.5 Å². The average molecular weight is 207 g/mol. The van der Waals surface area contributed by atoms with Crippen molar-refractivity contribution in [3.63, 3.8) is 0 Å². The standard InChI is InChI=1S/C10H9NO2S/c1-6-5-14-10(11-6)7-2-3-8(12)9(13)4-7/h2-5,12-13H,1H3. The number of aryl methyl sites for hydroxylation is 1. The third-order valence-corrected chi connectivity index (χ3v) is 2.85. The first-order valence-corrected chi connectivity index (χ1v) is 4.99. The Kier molecular flexibility index (Phi) is 2.13. The van der Waals surface area contributed by atoms with E-state index in [1.54, 1.807) is 6.07 Å². The fourth-order valence-electron chi connectivity index (χ4n) is 1.14. The molecule has 0 unspecified atom stereocenters. The summed E-state index contributed by atoms with van der Waals surface area (Å²) in [6.07, 6.45) is 0. The van der Waals surface area contributed by atoms with Gasteiger partial charge in [0.15, 0.2) is 11.5 Å². The molecule has 0 radical (unpaired) electrons. The zero-order valence-electron chi connectivity index (χ0n) is 7.56. The molecule has 0 atom stereocenters. The van der Waals surface area contributed by atoms with E-state index in [1.165, 1.54) is 23.5 Å². The Morgan fingerprint density at radius 1 is 1.21 bits per heavy atom. The third-order valence-electron chi connectivity index (χ3n) is 1.84. The lowest BCUT2D eigenvalue weighted by atomic mass is 10.2. The average Bonchev–Trinajstić information content (AvgIpc) is 2.57. The van der Waals surface area contributed by atoms with Crippen LogP contribution < -0.4 is 0 Å². The van der Waals surface area contributed by atoms with Gasteiger partial charge < -0.3 is 10.2 Å². The number of phenols is 2. The number of benzene rings is 1. The number of aromatic hydroxyl groups is 2. The van der Waals surface area contributed by atoms with Gasteiger partial charge in [0.25, 0.3) is 0 Å². The summed E-state index contributed by atoms with van der Waals surface area (Å²) in [4.78, 5) is 4.28. The second-order valence-electron chi connectivity index (χ2n) is 3.00. The van der Waals surface area contributed by atoms with Crippen molar-refractivity contribution in [2.45, 2.75) is 6.92 Å². The van der Waals surface area contributed by atoms with Crippen molar-refractivity contribution in [2.75, 3.05) is 0 Å². The molecular formula is C10H9NO2S. The van der Waals surface area contributed by atoms with E-state index in [0.717, 1.165) is 16.3 Å². The number of nitrogens with zero attached hydrogens (tertiary/aromatic N) is 1. The maximum absolute atomic E-state index is 9.30. The molecule has 0 amide bonds. The molecule has 0 aliphatic rings. The Hall–Kier alpha value is -1.55. The Bertz CT molecular complexity index is 465. The predicted octanol–water partition coefficient (Wildman–Crippen LogP) is 2.53. The molecule has 0 saturated carbocycles. The lowest BCUT2D eigenvalue weighted by Gasteiger charge is -1.99. The molecule has 0 bridgehead atoms. The van der Waals surface area contributed by atoms with Crippen molar-refractivity contribution in [3.8, 4) is 22.1 Å². The smallest absolute Gasteiger partial charge is 0.158 e. The molecular weight excluding hydrogens is 198 g/mol. The summed E-state index contributed by atoms with van der Waals surface area (Å²) in [6, 6.07) is 4.70. The molecule has 0 aliphatic heterocycles. The largest absolute Gasteiger partial charge is 0.504 e. The molecule has 2 N–H and O–H groups in total. The summed E-state index contributed by atoms with van der Waals surface area (Å²) in [5, 5.41) is 21.2. The topological polar surface area (TPSA) is 53.4 Å². The van der Waals surface area contributed by atoms with Crippen molar-refractivity contribution in [3.05, 3.63) is 29.3 Å². The third kappa shape index (κ3) is 1.56. The van der Waals surface area contributed by atoms with Gasteiger partial charge in [0.05, 0.1) is 0 Å². The SMILES string of the molecule is Cc1csc(-c2ccc(O)c(O)c2)n1. The van der Waals surface area contributed by atoms with Gasteiger partial charge in [-0.2, -0.15) is 0 Å². The van der Waals surface area contributed by atoms with Crippen molar-refractivity contribution >= 4 is 11.3 Å². The summed E-state index contributed by atoms with van der Waals surface area (Å²) >= 11 is 1.51. The van der Waals surface area contributed by atoms with E-state index in [1.807, 2.05) is 12.3 Å². The lowest BCUT2D eigenvalue weighted by Crippen LogP contribution is -1.77. The minimum atomic E-state index is -0.115. The predicted molar refractivity (Wildman–Crippen MR) is 55.6 cm³/mol. The van der Waals surface area contributed by atoms with Gasteiger partial charge in [-0.05, 0) is 25.1 Å². The second kappa shape index (κ2) is 3.31. The van der Waals surface area contributed by atoms with Crippen LogP contribution in [0.1, 0.15) is 5.69 Å². The molecule has 14 heavy (non-hydrogen) atoms. The van der Waals surface area contributed by atoms with E-state index in [2.05, 4.69) is 4.98 Å². The molecule has 0 aliphatic carbocycles. The zero-order chi connectivity index (χ0) is 10.1. The van der Waals surface area contributed by atoms with Gasteiger partial charge in [-0.15, -0.1) is 11.3 Å². The highest BCUT2D eigenvalue weighted by molar-refractivity contribution is 7.13. The van der Waals surface area contributed by atoms with Gasteiger partial charge in [-0.3, -0.25) is 0 Å². The Labute approximate surface area is 85.3 Å². The first kappa shape index (κ1) is 9.02. The zero-order valence-corrected chi connectivity index (χ0v) is 8.38. The van der Waals surface area contributed by atoms with Gasteiger partial charge in [-0.1, -0.05) is 0 Å². The highest BCUT2D eigenvalue weighted by Crippen LogP contribution is 2.31. The van der Waals surface area contributed by atoms with E-state index in [9.17, 15) is 5.11 Å². The molecule has 3 nitrogen and oxygen atoms in total. The maximum atomic E-state index is 9.30. The van der Waals surface area contributed by atoms with Gasteiger partial charge in [-0.25, -0.2) is 4.98 Å². The maximum Gasteiger partial charge on any atom is 0.158 e. The summed E-state index contributed by atoms with van der Waals surface area (Å²) < 4.78 is 0. The quantitative estimate of drug-likeness (QED) is 0.706. The van der Waals surface area contributed by atoms with E-state index in [-0.39, 0.29) is 11.5 Å². The van der Waals surface area contributed by atoms with Gasteiger partial charge in [0.2, 0.25) is 0 Å². The molecule has 2 aromatic rings. The van der Waals surface area contributed by atoms with Crippen LogP contribution in [-0.2, 0) is 0 Å². The fraction of sp³-hybridized carbons (Fsp3) is 0.100. The monoisotopic (exact) mass is 207 g/mol. The van der Waals surface area contributed by atoms with E-state index < -0.39 is 0 Å². The number of hydrogen-bond acceptors (Lipinski definition) is 4. The number of hydrogen-bond donors (Lipinski definition) is 2. The van der Waals surface area contributed by atoms with E-state index in [4.69, 9.17) is 5.11 Å². The number of rotatable bonds is 1. The molecule has 1 aromatic heterocycles. The van der Waals surface area contributed by atoms with Crippen LogP contribution in [0.15, 0.2) is 23.6 Å². The van der Waals surface area contributed by atoms with Crippen LogP contribution >= 0.6 is 11.3 Å². The highest BCUT2D eigenvalue weighted by atomic mass is 32.1. The molecule has 0 fully saturated rings. The van der Waals surface area contributed by atoms with Crippen molar-refractivity contribution in [1.82, 2.24) is 4.98 Å². The van der Waals surface area contributed by atoms with Crippen LogP contribution in [0.2, 0.25) is 0 Å². The molecule has 4 heteroatoms. The summed E-state index contributed by atoms with van der Waals surface area (Å²) in [5.41, 5.74) is 1.77. The molecule has 72 valence electrons. The minimum Gasteiger partial charge on any atom is -0.504 e. The lowest BCUT2D eigenvalue weighted by molar-refractivity contribution is 0.404. The molecule has 0 spiro atoms. The van der Waals surface area contributed by atoms with Crippen LogP contribution in [0.3, 0.4) is 0 Å². The highest BCUT2D eigenvalue weighted by Gasteiger charge is 2.05. The molecule has 2 rings (SSSR count). The molecule has 1 heterocycles. The minimum absolute atomic E-state index is 0.109. The first-order chi connectivity index (χ1) is 6.66. The van der Waals surface area contributed by atoms with Crippen LogP contribution in [0.4, 0.5) is 0 Å². The van der Waals surface area contributed by atoms with E-state index in [0.29, 0.717) is 0 Å². The van der Waals surface area contributed by atoms with Crippen LogP contribution in [-0.4, -0.2) is 15.2 Å². The van der Waals surface area contributed by atoms with Crippen LogP contribution in [0.25, 0.3) is 10.6 Å². The second-order valence-corrected chi connectivity index (χ2v) is 3.86. The van der Waals surface area contributed by atoms with Gasteiger partial charge >= 0.3 is 0 Å². The van der Waals surface area contributed by atoms with Gasteiger partial charge in [0.1, 0.15) is 5.01 Å². The molecule has 0 saturated heterocycles. The van der Waals surface area contributed by atoms with Crippen molar-refractivity contribution in [1.29, 1.82) is 0 Å². The summed E-state index contributed by atoms with van der Waals surface area (Å²) in [5.74, 6) is -0.225. The normalized spacial score (nSPS) is 10.4. The number of phenolic OH excluding ortho intramolecular Hbond substituents is 2. The first-order valence-electron chi connectivity index (χ1n) is 4.11. The van der Waals surface area contributed by atoms with Gasteiger partial charge in [0, 0.05) is 16.6 Å². The van der Waals surface area contributed by atoms with Crippen LogP contribution in [0, 0.1) is 6.92 Å². The summed E-state index contributed by atoms with van der Waals surface area (Å²) in [7, 11) is 0. The fourth-order valence-corrected chi connectivity index (χ4v) is 1.94. The number of thiazole rings is 1. The summed E-state index contributed by atoms with van der Waals surface area (Å²) in [6.45, 7) is 1.92. The Balaban J connectivity index is 2.47. The number of aromatic nitrogens is 1. The Morgan fingerprint density at radius 3 is 2.57 bits per heavy atom. The van der Waals surface area contributed by atoms with Crippen molar-refractivity contribution in [2.24, 2.45) is 0 Å². The van der Waals surface area contributed by atoms with E-state index >= 15 is 0 Å². The molecule has 1 aromatic carbocycles. The van der Waals surface area contributed by atoms with Crippen molar-refractivity contribution < 1.29 is 10.2 Å².